The lowest BCUT2D eigenvalue weighted by Crippen LogP contribution is -2.00. The van der Waals surface area contributed by atoms with Gasteiger partial charge in [-0.1, -0.05) is 12.1 Å². The Morgan fingerprint density at radius 1 is 1.33 bits per heavy atom. The van der Waals surface area contributed by atoms with Gasteiger partial charge >= 0.3 is 0 Å². The van der Waals surface area contributed by atoms with E-state index in [1.54, 1.807) is 13.3 Å². The Labute approximate surface area is 87.6 Å². The molecule has 0 unspecified atom stereocenters. The molecule has 0 radical (unpaired) electrons. The number of pyridine rings is 1. The zero-order valence-corrected chi connectivity index (χ0v) is 8.43. The van der Waals surface area contributed by atoms with Crippen molar-refractivity contribution < 1.29 is 9.57 Å². The third-order valence-electron chi connectivity index (χ3n) is 2.28. The van der Waals surface area contributed by atoms with Crippen molar-refractivity contribution in [3.63, 3.8) is 0 Å². The molecule has 1 heterocycles. The molecule has 15 heavy (non-hydrogen) atoms. The molecule has 0 saturated heterocycles. The van der Waals surface area contributed by atoms with Gasteiger partial charge in [0.1, 0.15) is 11.3 Å². The van der Waals surface area contributed by atoms with Crippen molar-refractivity contribution in [3.8, 4) is 5.75 Å². The minimum absolute atomic E-state index is 0.367. The van der Waals surface area contributed by atoms with E-state index in [4.69, 9.17) is 10.6 Å². The molecule has 0 fully saturated rings. The van der Waals surface area contributed by atoms with Gasteiger partial charge in [0.2, 0.25) is 0 Å². The van der Waals surface area contributed by atoms with E-state index < -0.39 is 0 Å². The van der Waals surface area contributed by atoms with Crippen LogP contribution in [0.4, 0.5) is 0 Å². The van der Waals surface area contributed by atoms with E-state index in [0.717, 1.165) is 22.2 Å². The van der Waals surface area contributed by atoms with Gasteiger partial charge in [0.25, 0.3) is 0 Å². The van der Waals surface area contributed by atoms with E-state index in [2.05, 4.69) is 9.82 Å². The molecular formula is C11H12N2O2. The van der Waals surface area contributed by atoms with E-state index >= 15 is 0 Å². The fourth-order valence-corrected chi connectivity index (χ4v) is 1.59. The number of hydrogen-bond donors (Lipinski definition) is 1. The zero-order chi connectivity index (χ0) is 10.7. The molecule has 0 amide bonds. The van der Waals surface area contributed by atoms with Crippen LogP contribution < -0.4 is 10.6 Å². The van der Waals surface area contributed by atoms with Crippen LogP contribution in [0.1, 0.15) is 5.56 Å². The van der Waals surface area contributed by atoms with Gasteiger partial charge in [-0.25, -0.2) is 5.90 Å². The molecule has 78 valence electrons. The maximum atomic E-state index is 5.23. The molecule has 0 aliphatic heterocycles. The molecule has 1 aromatic heterocycles. The first kappa shape index (κ1) is 9.89. The first-order valence-electron chi connectivity index (χ1n) is 4.59. The van der Waals surface area contributed by atoms with Crippen molar-refractivity contribution >= 4 is 10.9 Å². The monoisotopic (exact) mass is 204 g/mol. The van der Waals surface area contributed by atoms with Crippen molar-refractivity contribution in [1.29, 1.82) is 0 Å². The number of methoxy groups -OCH3 is 1. The number of nitrogens with zero attached hydrogens (tertiary/aromatic N) is 1. The molecule has 0 aliphatic rings. The average Bonchev–Trinajstić information content (AvgIpc) is 2.30. The van der Waals surface area contributed by atoms with E-state index in [9.17, 15) is 0 Å². The summed E-state index contributed by atoms with van der Waals surface area (Å²) in [6, 6.07) is 7.64. The number of benzene rings is 1. The Hall–Kier alpha value is -1.65. The molecule has 0 aliphatic carbocycles. The lowest BCUT2D eigenvalue weighted by molar-refractivity contribution is 0.125. The van der Waals surface area contributed by atoms with Crippen LogP contribution in [0.5, 0.6) is 5.75 Å². The molecule has 2 aromatic rings. The lowest BCUT2D eigenvalue weighted by atomic mass is 10.1. The third-order valence-corrected chi connectivity index (χ3v) is 2.28. The molecule has 4 heteroatoms. The smallest absolute Gasteiger partial charge is 0.145 e. The molecule has 0 atom stereocenters. The van der Waals surface area contributed by atoms with Crippen molar-refractivity contribution in [2.24, 2.45) is 5.90 Å². The molecule has 0 saturated carbocycles. The highest BCUT2D eigenvalue weighted by Crippen LogP contribution is 2.26. The van der Waals surface area contributed by atoms with Gasteiger partial charge in [-0.05, 0) is 17.7 Å². The third kappa shape index (κ3) is 1.77. The standard InChI is InChI=1S/C11H12N2O2/c1-14-10-5-4-8(7-15-12)9-3-2-6-13-11(9)10/h2-6H,7,12H2,1H3. The second kappa shape index (κ2) is 4.25. The van der Waals surface area contributed by atoms with Gasteiger partial charge in [0, 0.05) is 11.6 Å². The summed E-state index contributed by atoms with van der Waals surface area (Å²) < 4.78 is 5.23. The summed E-state index contributed by atoms with van der Waals surface area (Å²) in [5.41, 5.74) is 1.83. The van der Waals surface area contributed by atoms with Crippen molar-refractivity contribution in [2.75, 3.05) is 7.11 Å². The Morgan fingerprint density at radius 3 is 2.93 bits per heavy atom. The van der Waals surface area contributed by atoms with E-state index in [1.165, 1.54) is 0 Å². The second-order valence-corrected chi connectivity index (χ2v) is 3.14. The quantitative estimate of drug-likeness (QED) is 0.772. The van der Waals surface area contributed by atoms with Gasteiger partial charge in [0.15, 0.2) is 0 Å². The Bertz CT molecular complexity index is 471. The summed E-state index contributed by atoms with van der Waals surface area (Å²) in [5.74, 6) is 5.83. The summed E-state index contributed by atoms with van der Waals surface area (Å²) in [4.78, 5) is 8.91. The topological polar surface area (TPSA) is 57.4 Å². The molecule has 0 spiro atoms. The minimum atomic E-state index is 0.367. The number of ether oxygens (including phenoxy) is 1. The first-order valence-corrected chi connectivity index (χ1v) is 4.59. The highest BCUT2D eigenvalue weighted by atomic mass is 16.6. The summed E-state index contributed by atoms with van der Waals surface area (Å²) in [6.07, 6.45) is 1.73. The number of aromatic nitrogens is 1. The summed E-state index contributed by atoms with van der Waals surface area (Å²) in [7, 11) is 1.63. The predicted molar refractivity (Wildman–Crippen MR) is 57.3 cm³/mol. The van der Waals surface area contributed by atoms with E-state index in [0.29, 0.717) is 6.61 Å². The van der Waals surface area contributed by atoms with Crippen LogP contribution in [-0.4, -0.2) is 12.1 Å². The van der Waals surface area contributed by atoms with Crippen LogP contribution in [0.2, 0.25) is 0 Å². The van der Waals surface area contributed by atoms with Crippen molar-refractivity contribution in [3.05, 3.63) is 36.0 Å². The van der Waals surface area contributed by atoms with Crippen LogP contribution in [0.15, 0.2) is 30.5 Å². The molecular weight excluding hydrogens is 192 g/mol. The predicted octanol–water partition coefficient (Wildman–Crippen LogP) is 1.63. The minimum Gasteiger partial charge on any atom is -0.494 e. The molecule has 0 bridgehead atoms. The first-order chi connectivity index (χ1) is 7.36. The van der Waals surface area contributed by atoms with Crippen LogP contribution >= 0.6 is 0 Å². The van der Waals surface area contributed by atoms with Crippen LogP contribution in [0.25, 0.3) is 10.9 Å². The Morgan fingerprint density at radius 2 is 2.20 bits per heavy atom. The van der Waals surface area contributed by atoms with Crippen molar-refractivity contribution in [1.82, 2.24) is 4.98 Å². The summed E-state index contributed by atoms with van der Waals surface area (Å²) >= 11 is 0. The number of nitrogens with two attached hydrogens (primary N) is 1. The number of rotatable bonds is 3. The summed E-state index contributed by atoms with van der Waals surface area (Å²) in [5, 5.41) is 1.00. The Balaban J connectivity index is 2.66. The number of fused-ring (bicyclic) bond motifs is 1. The highest BCUT2D eigenvalue weighted by molar-refractivity contribution is 5.87. The average molecular weight is 204 g/mol. The van der Waals surface area contributed by atoms with Crippen LogP contribution in [-0.2, 0) is 11.4 Å². The van der Waals surface area contributed by atoms with E-state index in [1.807, 2.05) is 24.3 Å². The normalized spacial score (nSPS) is 10.5. The summed E-state index contributed by atoms with van der Waals surface area (Å²) in [6.45, 7) is 0.367. The van der Waals surface area contributed by atoms with Crippen molar-refractivity contribution in [2.45, 2.75) is 6.61 Å². The van der Waals surface area contributed by atoms with Gasteiger partial charge in [-0.3, -0.25) is 9.82 Å². The van der Waals surface area contributed by atoms with Gasteiger partial charge in [-0.2, -0.15) is 0 Å². The SMILES string of the molecule is COc1ccc(CON)c2cccnc12. The maximum absolute atomic E-state index is 5.23. The zero-order valence-electron chi connectivity index (χ0n) is 8.43. The van der Waals surface area contributed by atoms with Crippen LogP contribution in [0, 0.1) is 0 Å². The molecule has 1 aromatic carbocycles. The second-order valence-electron chi connectivity index (χ2n) is 3.14. The van der Waals surface area contributed by atoms with Gasteiger partial charge in [0.05, 0.1) is 13.7 Å². The maximum Gasteiger partial charge on any atom is 0.145 e. The van der Waals surface area contributed by atoms with E-state index in [-0.39, 0.29) is 0 Å². The highest BCUT2D eigenvalue weighted by Gasteiger charge is 2.06. The Kier molecular flexibility index (Phi) is 2.80. The largest absolute Gasteiger partial charge is 0.494 e. The number of hydrogen-bond acceptors (Lipinski definition) is 4. The fraction of sp³-hybridized carbons (Fsp3) is 0.182. The lowest BCUT2D eigenvalue weighted by Gasteiger charge is -2.08. The van der Waals surface area contributed by atoms with Gasteiger partial charge < -0.3 is 4.74 Å². The molecule has 4 nitrogen and oxygen atoms in total. The van der Waals surface area contributed by atoms with Gasteiger partial charge in [-0.15, -0.1) is 0 Å². The fourth-order valence-electron chi connectivity index (χ4n) is 1.59. The van der Waals surface area contributed by atoms with Crippen LogP contribution in [0.3, 0.4) is 0 Å². The molecule has 2 rings (SSSR count). The molecule has 2 N–H and O–H groups in total.